The van der Waals surface area contributed by atoms with Crippen LogP contribution in [0.4, 0.5) is 5.69 Å². The molecule has 1 aliphatic heterocycles. The van der Waals surface area contributed by atoms with Crippen molar-refractivity contribution in [3.8, 4) is 0 Å². The van der Waals surface area contributed by atoms with E-state index in [4.69, 9.17) is 0 Å². The van der Waals surface area contributed by atoms with Crippen molar-refractivity contribution in [1.29, 1.82) is 0 Å². The topological polar surface area (TPSA) is 89.2 Å². The van der Waals surface area contributed by atoms with Gasteiger partial charge < -0.3 is 5.32 Å². The molecule has 0 spiro atoms. The zero-order valence-electron chi connectivity index (χ0n) is 8.48. The fraction of sp³-hybridized carbons (Fsp3) is 0. The minimum Gasteiger partial charge on any atom is -0.322 e. The van der Waals surface area contributed by atoms with Crippen LogP contribution in [-0.4, -0.2) is 28.9 Å². The molecule has 17 heavy (non-hydrogen) atoms. The van der Waals surface area contributed by atoms with Crippen molar-refractivity contribution in [2.24, 2.45) is 4.40 Å². The molecule has 0 atom stereocenters. The van der Waals surface area contributed by atoms with Gasteiger partial charge >= 0.3 is 10.0 Å². The number of pyridine rings is 1. The van der Waals surface area contributed by atoms with E-state index in [1.54, 1.807) is 18.3 Å². The first-order chi connectivity index (χ1) is 8.17. The number of hydrogen-bond donors (Lipinski definition) is 1. The van der Waals surface area contributed by atoms with E-state index in [0.717, 1.165) is 0 Å². The molecule has 1 N–H and O–H groups in total. The molecule has 0 bridgehead atoms. The number of sulfonamides is 1. The van der Waals surface area contributed by atoms with Gasteiger partial charge in [0.1, 0.15) is 6.33 Å². The molecule has 2 aromatic heterocycles. The number of nitrogens with one attached hydrogen (secondary N) is 1. The first kappa shape index (κ1) is 9.97. The first-order valence-electron chi connectivity index (χ1n) is 4.72. The molecule has 8 heteroatoms. The maximum Gasteiger partial charge on any atom is 0.305 e. The van der Waals surface area contributed by atoms with Gasteiger partial charge in [-0.1, -0.05) is 0 Å². The highest BCUT2D eigenvalue weighted by Crippen LogP contribution is 2.24. The number of fused-ring (bicyclic) bond motifs is 1. The number of nitrogens with zero attached hydrogens (tertiary/aromatic N) is 4. The zero-order chi connectivity index (χ0) is 11.9. The third kappa shape index (κ3) is 1.58. The van der Waals surface area contributed by atoms with Gasteiger partial charge in [0.25, 0.3) is 0 Å². The molecule has 2 aromatic rings. The summed E-state index contributed by atoms with van der Waals surface area (Å²) in [6, 6.07) is 3.28. The smallest absolute Gasteiger partial charge is 0.305 e. The Hall–Kier alpha value is -2.22. The van der Waals surface area contributed by atoms with Crippen molar-refractivity contribution in [1.82, 2.24) is 14.5 Å². The third-order valence-corrected chi connectivity index (χ3v) is 3.44. The van der Waals surface area contributed by atoms with E-state index in [0.29, 0.717) is 5.69 Å². The fourth-order valence-corrected chi connectivity index (χ4v) is 2.53. The van der Waals surface area contributed by atoms with Crippen LogP contribution in [0.5, 0.6) is 0 Å². The second-order valence-electron chi connectivity index (χ2n) is 3.34. The predicted molar refractivity (Wildman–Crippen MR) is 60.1 cm³/mol. The standard InChI is InChI=1S/C9H7N5O2S/c15-17(16)8-7(2-1-3-11-8)12-9(13-17)14-5-4-10-6-14/h1-6H,(H,12,13). The van der Waals surface area contributed by atoms with Crippen LogP contribution < -0.4 is 5.32 Å². The molecular formula is C9H7N5O2S. The van der Waals surface area contributed by atoms with E-state index in [1.165, 1.54) is 23.3 Å². The molecule has 0 saturated carbocycles. The van der Waals surface area contributed by atoms with Gasteiger partial charge in [-0.2, -0.15) is 8.42 Å². The molecule has 0 fully saturated rings. The summed E-state index contributed by atoms with van der Waals surface area (Å²) in [6.45, 7) is 0. The summed E-state index contributed by atoms with van der Waals surface area (Å²) in [7, 11) is -3.75. The second-order valence-corrected chi connectivity index (χ2v) is 4.86. The van der Waals surface area contributed by atoms with Crippen LogP contribution in [0.3, 0.4) is 0 Å². The van der Waals surface area contributed by atoms with Crippen molar-refractivity contribution in [3.05, 3.63) is 37.1 Å². The van der Waals surface area contributed by atoms with Crippen molar-refractivity contribution in [3.63, 3.8) is 0 Å². The molecule has 3 rings (SSSR count). The van der Waals surface area contributed by atoms with Crippen molar-refractivity contribution < 1.29 is 8.42 Å². The maximum absolute atomic E-state index is 11.9. The van der Waals surface area contributed by atoms with E-state index in [1.807, 2.05) is 0 Å². The molecular weight excluding hydrogens is 242 g/mol. The average Bonchev–Trinajstić information content (AvgIpc) is 2.81. The lowest BCUT2D eigenvalue weighted by Crippen LogP contribution is -2.27. The quantitative estimate of drug-likeness (QED) is 0.725. The Balaban J connectivity index is 2.18. The Morgan fingerprint density at radius 2 is 2.18 bits per heavy atom. The van der Waals surface area contributed by atoms with Crippen molar-refractivity contribution in [2.75, 3.05) is 5.32 Å². The Labute approximate surface area is 96.9 Å². The molecule has 0 aliphatic carbocycles. The number of aromatic nitrogens is 3. The molecule has 0 unspecified atom stereocenters. The Morgan fingerprint density at radius 3 is 2.94 bits per heavy atom. The van der Waals surface area contributed by atoms with Crippen LogP contribution in [0.1, 0.15) is 0 Å². The lowest BCUT2D eigenvalue weighted by Gasteiger charge is -2.16. The SMILES string of the molecule is O=S1(=O)N=C(n2ccnc2)Nc2cccnc21. The van der Waals surface area contributed by atoms with E-state index < -0.39 is 10.0 Å². The molecule has 86 valence electrons. The fourth-order valence-electron chi connectivity index (χ4n) is 1.49. The van der Waals surface area contributed by atoms with Gasteiger partial charge in [0.05, 0.1) is 5.69 Å². The number of anilines is 1. The number of hydrogen-bond acceptors (Lipinski definition) is 5. The van der Waals surface area contributed by atoms with E-state index in [9.17, 15) is 8.42 Å². The lowest BCUT2D eigenvalue weighted by molar-refractivity contribution is 0.594. The predicted octanol–water partition coefficient (Wildman–Crippen LogP) is 0.297. The van der Waals surface area contributed by atoms with Crippen molar-refractivity contribution in [2.45, 2.75) is 5.03 Å². The van der Waals surface area contributed by atoms with Crippen LogP contribution in [0.15, 0.2) is 46.5 Å². The monoisotopic (exact) mass is 249 g/mol. The van der Waals surface area contributed by atoms with Gasteiger partial charge in [0.2, 0.25) is 11.0 Å². The summed E-state index contributed by atoms with van der Waals surface area (Å²) in [5, 5.41) is 2.82. The van der Waals surface area contributed by atoms with Crippen LogP contribution in [0.25, 0.3) is 0 Å². The van der Waals surface area contributed by atoms with Gasteiger partial charge in [0.15, 0.2) is 0 Å². The molecule has 1 aliphatic rings. The van der Waals surface area contributed by atoms with Gasteiger partial charge in [-0.15, -0.1) is 4.40 Å². The summed E-state index contributed by atoms with van der Waals surface area (Å²) in [6.07, 6.45) is 6.01. The maximum atomic E-state index is 11.9. The second kappa shape index (κ2) is 3.39. The molecule has 0 saturated heterocycles. The summed E-state index contributed by atoms with van der Waals surface area (Å²) < 4.78 is 28.8. The van der Waals surface area contributed by atoms with Crippen LogP contribution in [0.2, 0.25) is 0 Å². The number of imidazole rings is 1. The molecule has 0 aromatic carbocycles. The minimum atomic E-state index is -3.75. The Morgan fingerprint density at radius 1 is 1.29 bits per heavy atom. The third-order valence-electron chi connectivity index (χ3n) is 2.22. The summed E-state index contributed by atoms with van der Waals surface area (Å²) >= 11 is 0. The highest BCUT2D eigenvalue weighted by atomic mass is 32.2. The van der Waals surface area contributed by atoms with Crippen LogP contribution in [-0.2, 0) is 10.0 Å². The summed E-state index contributed by atoms with van der Waals surface area (Å²) in [5.41, 5.74) is 0.409. The first-order valence-corrected chi connectivity index (χ1v) is 6.16. The zero-order valence-corrected chi connectivity index (χ0v) is 9.29. The van der Waals surface area contributed by atoms with E-state index in [-0.39, 0.29) is 11.0 Å². The van der Waals surface area contributed by atoms with Crippen LogP contribution >= 0.6 is 0 Å². The largest absolute Gasteiger partial charge is 0.322 e. The number of rotatable bonds is 0. The molecule has 7 nitrogen and oxygen atoms in total. The van der Waals surface area contributed by atoms with Gasteiger partial charge in [-0.05, 0) is 12.1 Å². The summed E-state index contributed by atoms with van der Waals surface area (Å²) in [4.78, 5) is 7.64. The van der Waals surface area contributed by atoms with Crippen LogP contribution in [0, 0.1) is 0 Å². The molecule has 0 amide bonds. The minimum absolute atomic E-state index is 0.0659. The highest BCUT2D eigenvalue weighted by molar-refractivity contribution is 7.90. The Bertz CT molecular complexity index is 690. The van der Waals surface area contributed by atoms with Crippen molar-refractivity contribution >= 4 is 21.7 Å². The van der Waals surface area contributed by atoms with E-state index in [2.05, 4.69) is 19.7 Å². The average molecular weight is 249 g/mol. The van der Waals surface area contributed by atoms with Gasteiger partial charge in [-0.3, -0.25) is 4.57 Å². The Kier molecular flexibility index (Phi) is 1.99. The highest BCUT2D eigenvalue weighted by Gasteiger charge is 2.26. The normalized spacial score (nSPS) is 16.8. The summed E-state index contributed by atoms with van der Waals surface area (Å²) in [5.74, 6) is 0.183. The molecule has 3 heterocycles. The lowest BCUT2D eigenvalue weighted by atomic mass is 10.4. The molecule has 0 radical (unpaired) electrons. The van der Waals surface area contributed by atoms with Gasteiger partial charge in [0, 0.05) is 18.6 Å². The van der Waals surface area contributed by atoms with Gasteiger partial charge in [-0.25, -0.2) is 9.97 Å². The van der Waals surface area contributed by atoms with E-state index >= 15 is 0 Å².